The highest BCUT2D eigenvalue weighted by Crippen LogP contribution is 2.34. The summed E-state index contributed by atoms with van der Waals surface area (Å²) >= 11 is 0. The summed E-state index contributed by atoms with van der Waals surface area (Å²) in [6.07, 6.45) is 0. The number of hydrogen-bond donors (Lipinski definition) is 1. The zero-order valence-electron chi connectivity index (χ0n) is 21.5. The molecule has 5 rings (SSSR count). The molecule has 0 saturated carbocycles. The van der Waals surface area contributed by atoms with Gasteiger partial charge in [-0.1, -0.05) is 12.1 Å². The summed E-state index contributed by atoms with van der Waals surface area (Å²) in [5, 5.41) is 2.81. The van der Waals surface area contributed by atoms with Gasteiger partial charge in [0, 0.05) is 24.3 Å². The van der Waals surface area contributed by atoms with Gasteiger partial charge in [0.15, 0.2) is 6.61 Å². The van der Waals surface area contributed by atoms with Gasteiger partial charge in [-0.25, -0.2) is 8.42 Å². The van der Waals surface area contributed by atoms with E-state index in [2.05, 4.69) is 5.32 Å². The van der Waals surface area contributed by atoms with Crippen LogP contribution in [-0.2, 0) is 19.6 Å². The Bertz CT molecular complexity index is 1470. The number of benzene rings is 3. The molecule has 0 aromatic heterocycles. The zero-order chi connectivity index (χ0) is 27.4. The van der Waals surface area contributed by atoms with Crippen LogP contribution in [0, 0.1) is 6.92 Å². The predicted octanol–water partition coefficient (Wildman–Crippen LogP) is 3.07. The Labute approximate surface area is 227 Å². The zero-order valence-corrected chi connectivity index (χ0v) is 22.3. The van der Waals surface area contributed by atoms with Crippen LogP contribution in [0.5, 0.6) is 11.5 Å². The van der Waals surface area contributed by atoms with Crippen molar-refractivity contribution in [2.45, 2.75) is 11.8 Å². The van der Waals surface area contributed by atoms with Crippen LogP contribution in [0.3, 0.4) is 0 Å². The second kappa shape index (κ2) is 11.4. The summed E-state index contributed by atoms with van der Waals surface area (Å²) in [4.78, 5) is 27.3. The lowest BCUT2D eigenvalue weighted by molar-refractivity contribution is -0.121. The van der Waals surface area contributed by atoms with Crippen molar-refractivity contribution >= 4 is 33.2 Å². The van der Waals surface area contributed by atoms with Gasteiger partial charge >= 0.3 is 0 Å². The summed E-state index contributed by atoms with van der Waals surface area (Å²) in [6, 6.07) is 18.5. The third kappa shape index (κ3) is 6.06. The number of nitrogens with one attached hydrogen (secondary N) is 1. The van der Waals surface area contributed by atoms with E-state index in [1.165, 1.54) is 28.6 Å². The van der Waals surface area contributed by atoms with Crippen molar-refractivity contribution < 1.29 is 32.2 Å². The molecule has 3 aromatic carbocycles. The second-order valence-electron chi connectivity index (χ2n) is 9.18. The van der Waals surface area contributed by atoms with Crippen molar-refractivity contribution in [1.29, 1.82) is 0 Å². The van der Waals surface area contributed by atoms with E-state index in [1.807, 2.05) is 31.2 Å². The summed E-state index contributed by atoms with van der Waals surface area (Å²) in [6.45, 7) is 3.79. The number of carbonyl (C=O) groups is 2. The molecule has 2 heterocycles. The molecule has 10 nitrogen and oxygen atoms in total. The maximum atomic E-state index is 12.9. The van der Waals surface area contributed by atoms with Gasteiger partial charge in [-0.05, 0) is 67.1 Å². The first-order chi connectivity index (χ1) is 18.8. The largest absolute Gasteiger partial charge is 0.492 e. The second-order valence-corrected chi connectivity index (χ2v) is 11.1. The predicted molar refractivity (Wildman–Crippen MR) is 145 cm³/mol. The van der Waals surface area contributed by atoms with E-state index in [4.69, 9.17) is 14.2 Å². The van der Waals surface area contributed by atoms with E-state index in [9.17, 15) is 18.0 Å². The topological polar surface area (TPSA) is 114 Å². The number of anilines is 2. The summed E-state index contributed by atoms with van der Waals surface area (Å²) < 4.78 is 43.7. The van der Waals surface area contributed by atoms with E-state index in [0.29, 0.717) is 55.5 Å². The van der Waals surface area contributed by atoms with Gasteiger partial charge < -0.3 is 24.4 Å². The first-order valence-electron chi connectivity index (χ1n) is 12.6. The number of aryl methyl sites for hydroxylation is 1. The normalized spacial score (nSPS) is 15.8. The summed E-state index contributed by atoms with van der Waals surface area (Å²) in [5.74, 6) is 0.625. The van der Waals surface area contributed by atoms with Gasteiger partial charge in [-0.15, -0.1) is 0 Å². The average molecular weight is 552 g/mol. The lowest BCUT2D eigenvalue weighted by atomic mass is 10.1. The number of rotatable bonds is 8. The van der Waals surface area contributed by atoms with Gasteiger partial charge in [-0.3, -0.25) is 9.59 Å². The van der Waals surface area contributed by atoms with Crippen molar-refractivity contribution in [2.75, 3.05) is 56.3 Å². The molecule has 1 N–H and O–H groups in total. The van der Waals surface area contributed by atoms with Crippen LogP contribution in [0.4, 0.5) is 11.4 Å². The fourth-order valence-corrected chi connectivity index (χ4v) is 5.81. The molecular formula is C28H29N3O7S. The highest BCUT2D eigenvalue weighted by molar-refractivity contribution is 7.89. The van der Waals surface area contributed by atoms with Crippen molar-refractivity contribution in [3.05, 3.63) is 77.9 Å². The first kappa shape index (κ1) is 26.7. The number of fused-ring (bicyclic) bond motifs is 1. The van der Waals surface area contributed by atoms with Gasteiger partial charge in [0.05, 0.1) is 30.3 Å². The minimum absolute atomic E-state index is 0.0805. The molecule has 2 amide bonds. The Morgan fingerprint density at radius 1 is 1.03 bits per heavy atom. The van der Waals surface area contributed by atoms with Crippen molar-refractivity contribution in [3.63, 3.8) is 0 Å². The minimum atomic E-state index is -3.65. The van der Waals surface area contributed by atoms with Crippen molar-refractivity contribution in [3.8, 4) is 11.5 Å². The molecule has 1 fully saturated rings. The highest BCUT2D eigenvalue weighted by atomic mass is 32.2. The van der Waals surface area contributed by atoms with Gasteiger partial charge in [0.1, 0.15) is 18.1 Å². The molecule has 0 aliphatic carbocycles. The minimum Gasteiger partial charge on any atom is -0.492 e. The lowest BCUT2D eigenvalue weighted by Gasteiger charge is -2.29. The maximum Gasteiger partial charge on any atom is 0.265 e. The molecule has 2 aliphatic rings. The number of carbonyl (C=O) groups excluding carboxylic acids is 2. The molecule has 204 valence electrons. The average Bonchev–Trinajstić information content (AvgIpc) is 2.95. The van der Waals surface area contributed by atoms with Crippen LogP contribution < -0.4 is 19.7 Å². The molecule has 3 aromatic rings. The maximum absolute atomic E-state index is 12.9. The standard InChI is InChI=1S/C28H29N3O7S/c1-20-3-2-4-23(17-20)37-16-13-31-25-18-22(7-10-26(25)38-19-27(31)32)29-28(33)21-5-8-24(9-6-21)39(34,35)30-11-14-36-15-12-30/h2-10,17-18H,11-16,19H2,1H3,(H,29,33). The van der Waals surface area contributed by atoms with Gasteiger partial charge in [0.2, 0.25) is 10.0 Å². The van der Waals surface area contributed by atoms with E-state index in [1.54, 1.807) is 23.1 Å². The van der Waals surface area contributed by atoms with Crippen LogP contribution in [0.15, 0.2) is 71.6 Å². The fourth-order valence-electron chi connectivity index (χ4n) is 4.40. The van der Waals surface area contributed by atoms with Crippen molar-refractivity contribution in [1.82, 2.24) is 4.31 Å². The van der Waals surface area contributed by atoms with Gasteiger partial charge in [0.25, 0.3) is 11.8 Å². The highest BCUT2D eigenvalue weighted by Gasteiger charge is 2.27. The van der Waals surface area contributed by atoms with E-state index in [0.717, 1.165) is 11.3 Å². The molecule has 2 aliphatic heterocycles. The quantitative estimate of drug-likeness (QED) is 0.458. The molecule has 0 atom stereocenters. The number of nitrogens with zero attached hydrogens (tertiary/aromatic N) is 2. The fraction of sp³-hybridized carbons (Fsp3) is 0.286. The van der Waals surface area contributed by atoms with Crippen LogP contribution in [0.2, 0.25) is 0 Å². The molecule has 0 unspecified atom stereocenters. The van der Waals surface area contributed by atoms with Crippen LogP contribution in [-0.4, -0.2) is 70.6 Å². The number of amides is 2. The third-order valence-corrected chi connectivity index (χ3v) is 8.37. The van der Waals surface area contributed by atoms with Crippen LogP contribution in [0.25, 0.3) is 0 Å². The number of morpholine rings is 1. The van der Waals surface area contributed by atoms with E-state index in [-0.39, 0.29) is 24.0 Å². The van der Waals surface area contributed by atoms with Crippen LogP contribution >= 0.6 is 0 Å². The number of ether oxygens (including phenoxy) is 3. The number of sulfonamides is 1. The Hall–Kier alpha value is -3.93. The first-order valence-corrected chi connectivity index (χ1v) is 14.0. The smallest absolute Gasteiger partial charge is 0.265 e. The molecule has 0 radical (unpaired) electrons. The molecule has 0 spiro atoms. The molecule has 11 heteroatoms. The number of hydrogen-bond acceptors (Lipinski definition) is 7. The van der Waals surface area contributed by atoms with E-state index < -0.39 is 15.9 Å². The SMILES string of the molecule is Cc1cccc(OCCN2C(=O)COc3ccc(NC(=O)c4ccc(S(=O)(=O)N5CCOCC5)cc4)cc32)c1. The monoisotopic (exact) mass is 551 g/mol. The Morgan fingerprint density at radius 3 is 2.54 bits per heavy atom. The Morgan fingerprint density at radius 2 is 1.79 bits per heavy atom. The Kier molecular flexibility index (Phi) is 7.82. The lowest BCUT2D eigenvalue weighted by Crippen LogP contribution is -2.41. The van der Waals surface area contributed by atoms with Gasteiger partial charge in [-0.2, -0.15) is 4.31 Å². The summed E-state index contributed by atoms with van der Waals surface area (Å²) in [7, 11) is -3.65. The van der Waals surface area contributed by atoms with Crippen LogP contribution in [0.1, 0.15) is 15.9 Å². The van der Waals surface area contributed by atoms with E-state index >= 15 is 0 Å². The molecular weight excluding hydrogens is 522 g/mol. The molecule has 39 heavy (non-hydrogen) atoms. The third-order valence-electron chi connectivity index (χ3n) is 6.46. The summed E-state index contributed by atoms with van der Waals surface area (Å²) in [5.41, 5.74) is 2.37. The molecule has 0 bridgehead atoms. The molecule has 1 saturated heterocycles. The van der Waals surface area contributed by atoms with Crippen molar-refractivity contribution in [2.24, 2.45) is 0 Å². The Balaban J connectivity index is 1.26.